The summed E-state index contributed by atoms with van der Waals surface area (Å²) in [5.74, 6) is 1.35. The first-order chi connectivity index (χ1) is 13.7. The second-order valence-electron chi connectivity index (χ2n) is 8.75. The number of hydrogen-bond donors (Lipinski definition) is 0. The van der Waals surface area contributed by atoms with E-state index >= 15 is 0 Å². The fourth-order valence-electron chi connectivity index (χ4n) is 5.16. The molecule has 2 heterocycles. The summed E-state index contributed by atoms with van der Waals surface area (Å²) in [5.41, 5.74) is 0.230. The normalized spacial score (nSPS) is 22.6. The highest BCUT2D eigenvalue weighted by Gasteiger charge is 2.43. The van der Waals surface area contributed by atoms with Gasteiger partial charge in [-0.05, 0) is 49.7 Å². The Morgan fingerprint density at radius 2 is 1.79 bits per heavy atom. The molecule has 0 N–H and O–H groups in total. The predicted octanol–water partition coefficient (Wildman–Crippen LogP) is 3.63. The standard InChI is InChI=1S/C23H32N2O3/c26-21(11-17-28-20-8-2-1-3-9-20)24-15-13-23(14-16-24)12-10-22(27)25(18-23)19-6-4-5-7-19/h1-3,8-9,19H,4-7,10-18H2. The Kier molecular flexibility index (Phi) is 5.88. The van der Waals surface area contributed by atoms with Gasteiger partial charge in [0.15, 0.2) is 0 Å². The zero-order valence-electron chi connectivity index (χ0n) is 16.8. The number of benzene rings is 1. The molecule has 1 saturated carbocycles. The maximum Gasteiger partial charge on any atom is 0.225 e. The molecular weight excluding hydrogens is 352 g/mol. The van der Waals surface area contributed by atoms with Gasteiger partial charge >= 0.3 is 0 Å². The predicted molar refractivity (Wildman–Crippen MR) is 108 cm³/mol. The van der Waals surface area contributed by atoms with Crippen LogP contribution in [-0.2, 0) is 9.59 Å². The van der Waals surface area contributed by atoms with Gasteiger partial charge in [-0.25, -0.2) is 0 Å². The van der Waals surface area contributed by atoms with Crippen LogP contribution in [0.1, 0.15) is 57.8 Å². The summed E-state index contributed by atoms with van der Waals surface area (Å²) in [6.45, 7) is 2.97. The molecule has 0 bridgehead atoms. The topological polar surface area (TPSA) is 49.9 Å². The molecule has 0 radical (unpaired) electrons. The Labute approximate surface area is 168 Å². The van der Waals surface area contributed by atoms with Gasteiger partial charge in [0.1, 0.15) is 5.75 Å². The highest BCUT2D eigenvalue weighted by Crippen LogP contribution is 2.42. The molecule has 152 valence electrons. The molecule has 3 aliphatic rings. The van der Waals surface area contributed by atoms with Crippen molar-refractivity contribution in [3.63, 3.8) is 0 Å². The third kappa shape index (κ3) is 4.34. The first-order valence-electron chi connectivity index (χ1n) is 10.9. The number of ether oxygens (including phenoxy) is 1. The van der Waals surface area contributed by atoms with Gasteiger partial charge in [-0.1, -0.05) is 31.0 Å². The third-order valence-corrected chi connectivity index (χ3v) is 6.97. The second-order valence-corrected chi connectivity index (χ2v) is 8.75. The largest absolute Gasteiger partial charge is 0.493 e. The van der Waals surface area contributed by atoms with Crippen molar-refractivity contribution in [2.75, 3.05) is 26.2 Å². The number of para-hydroxylation sites is 1. The van der Waals surface area contributed by atoms with Gasteiger partial charge in [0.05, 0.1) is 13.0 Å². The van der Waals surface area contributed by atoms with Crippen LogP contribution in [0.4, 0.5) is 0 Å². The zero-order valence-corrected chi connectivity index (χ0v) is 16.8. The first kappa shape index (κ1) is 19.3. The number of piperidine rings is 2. The van der Waals surface area contributed by atoms with Gasteiger partial charge in [-0.3, -0.25) is 9.59 Å². The molecule has 1 aromatic rings. The maximum atomic E-state index is 12.6. The lowest BCUT2D eigenvalue weighted by Gasteiger charge is -2.49. The van der Waals surface area contributed by atoms with Crippen molar-refractivity contribution < 1.29 is 14.3 Å². The molecule has 5 heteroatoms. The fourth-order valence-corrected chi connectivity index (χ4v) is 5.16. The van der Waals surface area contributed by atoms with E-state index < -0.39 is 0 Å². The van der Waals surface area contributed by atoms with Crippen LogP contribution < -0.4 is 4.74 Å². The molecule has 2 aliphatic heterocycles. The lowest BCUT2D eigenvalue weighted by molar-refractivity contribution is -0.145. The Bertz CT molecular complexity index is 676. The van der Waals surface area contributed by atoms with Crippen molar-refractivity contribution in [3.05, 3.63) is 30.3 Å². The fraction of sp³-hybridized carbons (Fsp3) is 0.652. The van der Waals surface area contributed by atoms with Crippen LogP contribution in [0.2, 0.25) is 0 Å². The highest BCUT2D eigenvalue weighted by molar-refractivity contribution is 5.78. The minimum Gasteiger partial charge on any atom is -0.493 e. The number of carbonyl (C=O) groups is 2. The third-order valence-electron chi connectivity index (χ3n) is 6.97. The van der Waals surface area contributed by atoms with Crippen molar-refractivity contribution in [1.82, 2.24) is 9.80 Å². The van der Waals surface area contributed by atoms with Crippen molar-refractivity contribution in [2.24, 2.45) is 5.41 Å². The van der Waals surface area contributed by atoms with Gasteiger partial charge in [-0.15, -0.1) is 0 Å². The van der Waals surface area contributed by atoms with Gasteiger partial charge in [0.2, 0.25) is 11.8 Å². The van der Waals surface area contributed by atoms with Crippen LogP contribution in [-0.4, -0.2) is 53.9 Å². The lowest BCUT2D eigenvalue weighted by Crippen LogP contribution is -2.54. The van der Waals surface area contributed by atoms with E-state index in [1.165, 1.54) is 25.7 Å². The molecule has 4 rings (SSSR count). The van der Waals surface area contributed by atoms with E-state index in [2.05, 4.69) is 4.90 Å². The summed E-state index contributed by atoms with van der Waals surface area (Å²) in [5, 5.41) is 0. The number of carbonyl (C=O) groups excluding carboxylic acids is 2. The number of amides is 2. The van der Waals surface area contributed by atoms with Crippen molar-refractivity contribution in [2.45, 2.75) is 63.8 Å². The minimum atomic E-state index is 0.185. The number of nitrogens with zero attached hydrogens (tertiary/aromatic N) is 2. The molecule has 2 saturated heterocycles. The lowest BCUT2D eigenvalue weighted by atomic mass is 9.72. The van der Waals surface area contributed by atoms with E-state index in [0.717, 1.165) is 44.6 Å². The van der Waals surface area contributed by atoms with Crippen LogP contribution in [0.15, 0.2) is 30.3 Å². The van der Waals surface area contributed by atoms with Crippen LogP contribution in [0.3, 0.4) is 0 Å². The molecule has 1 aromatic carbocycles. The van der Waals surface area contributed by atoms with E-state index in [9.17, 15) is 9.59 Å². The second kappa shape index (κ2) is 8.54. The van der Waals surface area contributed by atoms with E-state index in [-0.39, 0.29) is 11.3 Å². The first-order valence-corrected chi connectivity index (χ1v) is 10.9. The molecule has 0 atom stereocenters. The molecule has 3 fully saturated rings. The average molecular weight is 385 g/mol. The number of hydrogen-bond acceptors (Lipinski definition) is 3. The zero-order chi connectivity index (χ0) is 19.4. The quantitative estimate of drug-likeness (QED) is 0.779. The molecule has 5 nitrogen and oxygen atoms in total. The number of likely N-dealkylation sites (tertiary alicyclic amines) is 2. The van der Waals surface area contributed by atoms with Gasteiger partial charge < -0.3 is 14.5 Å². The molecular formula is C23H32N2O3. The smallest absolute Gasteiger partial charge is 0.225 e. The molecule has 0 unspecified atom stereocenters. The minimum absolute atomic E-state index is 0.185. The van der Waals surface area contributed by atoms with Crippen LogP contribution in [0.25, 0.3) is 0 Å². The molecule has 2 amide bonds. The van der Waals surface area contributed by atoms with Crippen LogP contribution in [0, 0.1) is 5.41 Å². The van der Waals surface area contributed by atoms with E-state index in [1.807, 2.05) is 35.2 Å². The van der Waals surface area contributed by atoms with Crippen LogP contribution in [0.5, 0.6) is 5.75 Å². The van der Waals surface area contributed by atoms with Gasteiger partial charge in [0.25, 0.3) is 0 Å². The van der Waals surface area contributed by atoms with Crippen molar-refractivity contribution >= 4 is 11.8 Å². The van der Waals surface area contributed by atoms with E-state index in [1.54, 1.807) is 0 Å². The van der Waals surface area contributed by atoms with Crippen molar-refractivity contribution in [3.8, 4) is 5.75 Å². The monoisotopic (exact) mass is 384 g/mol. The summed E-state index contributed by atoms with van der Waals surface area (Å²) >= 11 is 0. The number of rotatable bonds is 5. The Balaban J connectivity index is 1.25. The molecule has 1 aliphatic carbocycles. The van der Waals surface area contributed by atoms with Crippen molar-refractivity contribution in [1.29, 1.82) is 0 Å². The summed E-state index contributed by atoms with van der Waals surface area (Å²) in [7, 11) is 0. The highest BCUT2D eigenvalue weighted by atomic mass is 16.5. The van der Waals surface area contributed by atoms with Crippen LogP contribution >= 0.6 is 0 Å². The maximum absolute atomic E-state index is 12.6. The molecule has 28 heavy (non-hydrogen) atoms. The summed E-state index contributed by atoms with van der Waals surface area (Å²) in [6, 6.07) is 10.1. The van der Waals surface area contributed by atoms with Gasteiger partial charge in [-0.2, -0.15) is 0 Å². The summed E-state index contributed by atoms with van der Waals surface area (Å²) < 4.78 is 5.67. The molecule has 0 aromatic heterocycles. The summed E-state index contributed by atoms with van der Waals surface area (Å²) in [6.07, 6.45) is 9.02. The Morgan fingerprint density at radius 1 is 1.07 bits per heavy atom. The van der Waals surface area contributed by atoms with E-state index in [4.69, 9.17) is 4.74 Å². The Hall–Kier alpha value is -2.04. The van der Waals surface area contributed by atoms with E-state index in [0.29, 0.717) is 31.4 Å². The Morgan fingerprint density at radius 3 is 2.50 bits per heavy atom. The average Bonchev–Trinajstić information content (AvgIpc) is 3.26. The van der Waals surface area contributed by atoms with Gasteiger partial charge in [0, 0.05) is 32.1 Å². The summed E-state index contributed by atoms with van der Waals surface area (Å²) in [4.78, 5) is 29.2. The molecule has 1 spiro atoms. The SMILES string of the molecule is O=C(CCOc1ccccc1)N1CCC2(CCC(=O)N(C3CCCC3)C2)CC1.